The number of nitrogens with one attached hydrogen (secondary N) is 1. The monoisotopic (exact) mass is 497 g/mol. The van der Waals surface area contributed by atoms with Gasteiger partial charge >= 0.3 is 0 Å². The van der Waals surface area contributed by atoms with Gasteiger partial charge in [0.25, 0.3) is 5.91 Å². The van der Waals surface area contributed by atoms with Crippen LogP contribution < -0.4 is 15.6 Å². The van der Waals surface area contributed by atoms with Gasteiger partial charge in [0.2, 0.25) is 0 Å². The van der Waals surface area contributed by atoms with E-state index in [0.717, 1.165) is 18.8 Å². The minimum absolute atomic E-state index is 0.0627. The van der Waals surface area contributed by atoms with Gasteiger partial charge in [0, 0.05) is 53.1 Å². The fourth-order valence-corrected chi connectivity index (χ4v) is 4.39. The Morgan fingerprint density at radius 3 is 2.53 bits per heavy atom. The quantitative estimate of drug-likeness (QED) is 0.484. The van der Waals surface area contributed by atoms with Crippen LogP contribution in [0, 0.1) is 0 Å². The molecular formula is C26H25Cl2N3O3. The summed E-state index contributed by atoms with van der Waals surface area (Å²) in [5, 5.41) is 4.15. The van der Waals surface area contributed by atoms with Crippen LogP contribution in [0.15, 0.2) is 71.1 Å². The van der Waals surface area contributed by atoms with Crippen molar-refractivity contribution in [1.29, 1.82) is 0 Å². The zero-order valence-electron chi connectivity index (χ0n) is 18.8. The first-order valence-electron chi connectivity index (χ1n) is 10.9. The van der Waals surface area contributed by atoms with Crippen molar-refractivity contribution in [1.82, 2.24) is 9.88 Å². The molecule has 1 aromatic heterocycles. The lowest BCUT2D eigenvalue weighted by Crippen LogP contribution is -2.36. The normalized spacial score (nSPS) is 14.3. The van der Waals surface area contributed by atoms with Gasteiger partial charge in [-0.1, -0.05) is 35.9 Å². The van der Waals surface area contributed by atoms with E-state index in [-0.39, 0.29) is 17.9 Å². The third kappa shape index (κ3) is 5.04. The van der Waals surface area contributed by atoms with Crippen LogP contribution in [0.5, 0.6) is 0 Å². The highest BCUT2D eigenvalue weighted by Gasteiger charge is 2.15. The molecule has 3 aromatic rings. The van der Waals surface area contributed by atoms with Gasteiger partial charge in [-0.3, -0.25) is 9.59 Å². The fraction of sp³-hybridized carbons (Fsp3) is 0.231. The second kappa shape index (κ2) is 10.5. The summed E-state index contributed by atoms with van der Waals surface area (Å²) in [6.07, 6.45) is 3.48. The summed E-state index contributed by atoms with van der Waals surface area (Å²) in [4.78, 5) is 28.2. The fourth-order valence-electron chi connectivity index (χ4n) is 4.03. The molecule has 2 aromatic carbocycles. The summed E-state index contributed by atoms with van der Waals surface area (Å²) >= 11 is 12.4. The summed E-state index contributed by atoms with van der Waals surface area (Å²) < 4.78 is 7.16. The van der Waals surface area contributed by atoms with E-state index in [2.05, 4.69) is 16.8 Å². The Bertz CT molecular complexity index is 1320. The minimum Gasteiger partial charge on any atom is -0.378 e. The molecule has 1 N–H and O–H groups in total. The molecule has 0 unspecified atom stereocenters. The Morgan fingerprint density at radius 1 is 1.18 bits per heavy atom. The van der Waals surface area contributed by atoms with Crippen LogP contribution in [0.2, 0.25) is 5.02 Å². The molecule has 0 atom stereocenters. The van der Waals surface area contributed by atoms with Crippen LogP contribution >= 0.6 is 23.2 Å². The number of carbonyl (C=O) groups is 1. The van der Waals surface area contributed by atoms with E-state index in [0.29, 0.717) is 51.0 Å². The zero-order valence-corrected chi connectivity index (χ0v) is 20.3. The maximum absolute atomic E-state index is 13.1. The largest absolute Gasteiger partial charge is 0.378 e. The van der Waals surface area contributed by atoms with Gasteiger partial charge < -0.3 is 19.5 Å². The number of hydrogen-bond acceptors (Lipinski definition) is 4. The van der Waals surface area contributed by atoms with Crippen molar-refractivity contribution < 1.29 is 9.53 Å². The number of ether oxygens (including phenoxy) is 1. The SMILES string of the molecule is C=C(Cl)C(=CC)n1cc(CNC(=O)c2ccc(N3CCOCC3)cc2)c(=O)c2ccc(Cl)cc21. The minimum atomic E-state index is -0.260. The number of pyridine rings is 1. The highest BCUT2D eigenvalue weighted by Crippen LogP contribution is 2.25. The molecule has 1 amide bonds. The summed E-state index contributed by atoms with van der Waals surface area (Å²) in [5.41, 5.74) is 3.05. The Hall–Kier alpha value is -3.06. The molecule has 0 aliphatic carbocycles. The van der Waals surface area contributed by atoms with Crippen LogP contribution in [0.3, 0.4) is 0 Å². The van der Waals surface area contributed by atoms with Crippen molar-refractivity contribution in [2.45, 2.75) is 13.5 Å². The van der Waals surface area contributed by atoms with Crippen LogP contribution in [0.1, 0.15) is 22.8 Å². The molecular weight excluding hydrogens is 473 g/mol. The van der Waals surface area contributed by atoms with E-state index in [1.54, 1.807) is 47.2 Å². The number of amides is 1. The van der Waals surface area contributed by atoms with Crippen molar-refractivity contribution in [3.05, 3.63) is 92.7 Å². The van der Waals surface area contributed by atoms with Crippen molar-refractivity contribution in [2.24, 2.45) is 0 Å². The van der Waals surface area contributed by atoms with Gasteiger partial charge in [-0.15, -0.1) is 0 Å². The maximum atomic E-state index is 13.1. The lowest BCUT2D eigenvalue weighted by molar-refractivity contribution is 0.0950. The van der Waals surface area contributed by atoms with Crippen LogP contribution in [0.4, 0.5) is 5.69 Å². The van der Waals surface area contributed by atoms with E-state index in [9.17, 15) is 9.59 Å². The highest BCUT2D eigenvalue weighted by atomic mass is 35.5. The predicted octanol–water partition coefficient (Wildman–Crippen LogP) is 5.03. The number of rotatable bonds is 6. The molecule has 4 rings (SSSR count). The highest BCUT2D eigenvalue weighted by molar-refractivity contribution is 6.35. The van der Waals surface area contributed by atoms with Crippen LogP contribution in [0.25, 0.3) is 16.6 Å². The van der Waals surface area contributed by atoms with Crippen molar-refractivity contribution in [3.63, 3.8) is 0 Å². The van der Waals surface area contributed by atoms with E-state index in [4.69, 9.17) is 27.9 Å². The predicted molar refractivity (Wildman–Crippen MR) is 139 cm³/mol. The standard InChI is InChI=1S/C26H25Cl2N3O3/c1-3-23(17(2)27)31-16-19(25(32)22-9-6-20(28)14-24(22)31)15-29-26(33)18-4-7-21(8-5-18)30-10-12-34-13-11-30/h3-9,14,16H,2,10-13,15H2,1H3,(H,29,33). The van der Waals surface area contributed by atoms with E-state index < -0.39 is 0 Å². The molecule has 0 spiro atoms. The second-order valence-electron chi connectivity index (χ2n) is 7.92. The van der Waals surface area contributed by atoms with Gasteiger partial charge in [-0.05, 0) is 49.4 Å². The Morgan fingerprint density at radius 2 is 1.88 bits per heavy atom. The van der Waals surface area contributed by atoms with Crippen LogP contribution in [-0.4, -0.2) is 36.8 Å². The van der Waals surface area contributed by atoms with Crippen molar-refractivity contribution in [2.75, 3.05) is 31.2 Å². The zero-order chi connectivity index (χ0) is 24.2. The number of allylic oxidation sites excluding steroid dienone is 3. The number of halogens is 2. The number of hydrogen-bond donors (Lipinski definition) is 1. The molecule has 6 nitrogen and oxygen atoms in total. The van der Waals surface area contributed by atoms with Gasteiger partial charge in [0.05, 0.1) is 29.5 Å². The second-order valence-corrected chi connectivity index (χ2v) is 8.82. The van der Waals surface area contributed by atoms with Gasteiger partial charge in [-0.2, -0.15) is 0 Å². The molecule has 0 radical (unpaired) electrons. The number of anilines is 1. The molecule has 1 aliphatic heterocycles. The summed E-state index contributed by atoms with van der Waals surface area (Å²) in [7, 11) is 0. The van der Waals surface area contributed by atoms with Crippen LogP contribution in [-0.2, 0) is 11.3 Å². The molecule has 34 heavy (non-hydrogen) atoms. The molecule has 1 fully saturated rings. The smallest absolute Gasteiger partial charge is 0.251 e. The third-order valence-corrected chi connectivity index (χ3v) is 6.23. The van der Waals surface area contributed by atoms with Crippen molar-refractivity contribution in [3.8, 4) is 0 Å². The molecule has 2 heterocycles. The molecule has 176 valence electrons. The lowest BCUT2D eigenvalue weighted by Gasteiger charge is -2.28. The average molecular weight is 498 g/mol. The number of aromatic nitrogens is 1. The Kier molecular flexibility index (Phi) is 7.41. The van der Waals surface area contributed by atoms with Gasteiger partial charge in [-0.25, -0.2) is 0 Å². The first-order chi connectivity index (χ1) is 16.4. The van der Waals surface area contributed by atoms with E-state index >= 15 is 0 Å². The lowest BCUT2D eigenvalue weighted by atomic mass is 10.1. The van der Waals surface area contributed by atoms with E-state index in [1.807, 2.05) is 19.1 Å². The average Bonchev–Trinajstić information content (AvgIpc) is 2.85. The number of fused-ring (bicyclic) bond motifs is 1. The Labute approximate surface area is 208 Å². The Balaban J connectivity index is 1.59. The molecule has 1 aliphatic rings. The topological polar surface area (TPSA) is 63.6 Å². The van der Waals surface area contributed by atoms with E-state index in [1.165, 1.54) is 0 Å². The third-order valence-electron chi connectivity index (χ3n) is 5.80. The summed E-state index contributed by atoms with van der Waals surface area (Å²) in [6, 6.07) is 12.5. The number of benzene rings is 2. The first-order valence-corrected chi connectivity index (χ1v) is 11.7. The van der Waals surface area contributed by atoms with Gasteiger partial charge in [0.15, 0.2) is 5.43 Å². The van der Waals surface area contributed by atoms with Crippen molar-refractivity contribution >= 4 is 51.4 Å². The molecule has 0 bridgehead atoms. The number of nitrogens with zero attached hydrogens (tertiary/aromatic N) is 2. The maximum Gasteiger partial charge on any atom is 0.251 e. The molecule has 0 saturated carbocycles. The first kappa shape index (κ1) is 24.1. The number of morpholine rings is 1. The van der Waals surface area contributed by atoms with Gasteiger partial charge in [0.1, 0.15) is 0 Å². The summed E-state index contributed by atoms with van der Waals surface area (Å²) in [5.74, 6) is -0.260. The molecule has 1 saturated heterocycles. The molecule has 8 heteroatoms. The number of carbonyl (C=O) groups excluding carboxylic acids is 1. The summed E-state index contributed by atoms with van der Waals surface area (Å²) in [6.45, 7) is 8.77.